The molecule has 36 heavy (non-hydrogen) atoms. The van der Waals surface area contributed by atoms with Crippen molar-refractivity contribution in [2.75, 3.05) is 19.0 Å². The molecule has 4 aromatic heterocycles. The van der Waals surface area contributed by atoms with Crippen molar-refractivity contribution in [2.45, 2.75) is 45.4 Å². The van der Waals surface area contributed by atoms with Crippen LogP contribution in [0.15, 0.2) is 47.7 Å². The van der Waals surface area contributed by atoms with Gasteiger partial charge in [0.25, 0.3) is 0 Å². The molecule has 0 bridgehead atoms. The summed E-state index contributed by atoms with van der Waals surface area (Å²) < 4.78 is 27.7. The lowest BCUT2D eigenvalue weighted by molar-refractivity contribution is 0.0870. The van der Waals surface area contributed by atoms with Crippen molar-refractivity contribution in [3.63, 3.8) is 0 Å². The molecule has 0 saturated heterocycles. The Hall–Kier alpha value is -3.64. The summed E-state index contributed by atoms with van der Waals surface area (Å²) in [6.45, 7) is 9.26. The second-order valence-electron chi connectivity index (χ2n) is 9.59. The Balaban J connectivity index is 1.75. The molecule has 190 valence electrons. The van der Waals surface area contributed by atoms with E-state index in [-0.39, 0.29) is 18.4 Å². The van der Waals surface area contributed by atoms with Crippen LogP contribution in [0.4, 0.5) is 16.0 Å². The Morgan fingerprint density at radius 3 is 2.64 bits per heavy atom. The molecular formula is C24H30FN7O3Si. The predicted octanol–water partition coefficient (Wildman–Crippen LogP) is 4.20. The van der Waals surface area contributed by atoms with Crippen molar-refractivity contribution in [1.29, 1.82) is 0 Å². The third-order valence-electron chi connectivity index (χ3n) is 5.70. The molecule has 0 radical (unpaired) electrons. The van der Waals surface area contributed by atoms with E-state index in [2.05, 4.69) is 44.9 Å². The van der Waals surface area contributed by atoms with Crippen LogP contribution >= 0.6 is 0 Å². The zero-order valence-electron chi connectivity index (χ0n) is 21.0. The van der Waals surface area contributed by atoms with Crippen molar-refractivity contribution in [2.24, 2.45) is 0 Å². The quantitative estimate of drug-likeness (QED) is 0.249. The lowest BCUT2D eigenvalue weighted by Crippen LogP contribution is -2.29. The first-order valence-corrected chi connectivity index (χ1v) is 15.3. The minimum Gasteiger partial charge on any atom is -0.480 e. The van der Waals surface area contributed by atoms with Gasteiger partial charge in [-0.1, -0.05) is 19.6 Å². The highest BCUT2D eigenvalue weighted by molar-refractivity contribution is 6.76. The third kappa shape index (κ3) is 5.60. The number of methoxy groups -OCH3 is 1. The van der Waals surface area contributed by atoms with Crippen LogP contribution in [0.5, 0.6) is 5.88 Å². The van der Waals surface area contributed by atoms with E-state index in [1.807, 2.05) is 6.92 Å². The van der Waals surface area contributed by atoms with E-state index in [9.17, 15) is 9.18 Å². The van der Waals surface area contributed by atoms with E-state index in [4.69, 9.17) is 9.47 Å². The Morgan fingerprint density at radius 1 is 1.14 bits per heavy atom. The van der Waals surface area contributed by atoms with Gasteiger partial charge in [-0.15, -0.1) is 0 Å². The van der Waals surface area contributed by atoms with Crippen LogP contribution < -0.4 is 15.7 Å². The molecule has 12 heteroatoms. The van der Waals surface area contributed by atoms with Crippen LogP contribution in [0.2, 0.25) is 25.7 Å². The van der Waals surface area contributed by atoms with Gasteiger partial charge in [0.15, 0.2) is 5.65 Å². The summed E-state index contributed by atoms with van der Waals surface area (Å²) in [4.78, 5) is 31.0. The van der Waals surface area contributed by atoms with Gasteiger partial charge in [-0.25, -0.2) is 19.2 Å². The monoisotopic (exact) mass is 511 g/mol. The highest BCUT2D eigenvalue weighted by Gasteiger charge is 2.22. The number of nitrogens with one attached hydrogen (secondary N) is 1. The fourth-order valence-electron chi connectivity index (χ4n) is 3.66. The number of nitrogens with zero attached hydrogens (tertiary/aromatic N) is 6. The molecule has 0 saturated carbocycles. The number of rotatable bonds is 10. The zero-order chi connectivity index (χ0) is 25.9. The van der Waals surface area contributed by atoms with Gasteiger partial charge >= 0.3 is 5.69 Å². The number of imidazole rings is 1. The van der Waals surface area contributed by atoms with E-state index >= 15 is 0 Å². The molecule has 10 nitrogen and oxygen atoms in total. The molecular weight excluding hydrogens is 481 g/mol. The van der Waals surface area contributed by atoms with Gasteiger partial charge in [0, 0.05) is 20.9 Å². The summed E-state index contributed by atoms with van der Waals surface area (Å²) in [6.07, 6.45) is 4.33. The minimum absolute atomic E-state index is 0.0724. The highest BCUT2D eigenvalue weighted by atomic mass is 28.3. The van der Waals surface area contributed by atoms with E-state index in [0.717, 1.165) is 12.2 Å². The molecule has 0 aromatic carbocycles. The van der Waals surface area contributed by atoms with Gasteiger partial charge in [-0.05, 0) is 37.2 Å². The molecule has 4 rings (SSSR count). The van der Waals surface area contributed by atoms with Gasteiger partial charge in [0.2, 0.25) is 11.8 Å². The van der Waals surface area contributed by atoms with Crippen molar-refractivity contribution in [1.82, 2.24) is 29.1 Å². The minimum atomic E-state index is -1.28. The van der Waals surface area contributed by atoms with Crippen molar-refractivity contribution in [3.05, 3.63) is 64.9 Å². The Morgan fingerprint density at radius 2 is 1.94 bits per heavy atom. The standard InChI is InChI=1S/C24H30FN7O3Si/c1-16(18-9-8-17(25)13-27-18)32-21-20(31(24(32)33)15-35-11-12-36(3,4)5)14-28-23(30-21)29-19-7-6-10-26-22(19)34-2/h6-10,13-14,16H,11-12,15H2,1-5H3,(H,28,29,30). The van der Waals surface area contributed by atoms with Crippen molar-refractivity contribution >= 4 is 30.9 Å². The first kappa shape index (κ1) is 25.4. The first-order valence-electron chi connectivity index (χ1n) is 11.6. The number of halogens is 1. The van der Waals surface area contributed by atoms with Gasteiger partial charge in [-0.2, -0.15) is 4.98 Å². The summed E-state index contributed by atoms with van der Waals surface area (Å²) in [7, 11) is 0.241. The second kappa shape index (κ2) is 10.5. The van der Waals surface area contributed by atoms with Gasteiger partial charge in [0.1, 0.15) is 23.8 Å². The topological polar surface area (TPSA) is 109 Å². The number of ether oxygens (including phenoxy) is 2. The highest BCUT2D eigenvalue weighted by Crippen LogP contribution is 2.25. The van der Waals surface area contributed by atoms with Gasteiger partial charge in [-0.3, -0.25) is 14.1 Å². The molecule has 0 fully saturated rings. The average Bonchev–Trinajstić information content (AvgIpc) is 3.12. The molecule has 4 aromatic rings. The molecule has 1 unspecified atom stereocenters. The first-order chi connectivity index (χ1) is 17.2. The fraction of sp³-hybridized carbons (Fsp3) is 0.375. The van der Waals surface area contributed by atoms with Crippen LogP contribution in [0.3, 0.4) is 0 Å². The zero-order valence-corrected chi connectivity index (χ0v) is 22.0. The average molecular weight is 512 g/mol. The van der Waals surface area contributed by atoms with E-state index in [0.29, 0.717) is 35.0 Å². The summed E-state index contributed by atoms with van der Waals surface area (Å²) in [5, 5.41) is 3.10. The predicted molar refractivity (Wildman–Crippen MR) is 138 cm³/mol. The molecule has 0 spiro atoms. The maximum absolute atomic E-state index is 13.6. The summed E-state index contributed by atoms with van der Waals surface area (Å²) in [5.41, 5.74) is 1.70. The second-order valence-corrected chi connectivity index (χ2v) is 15.2. The molecule has 1 N–H and O–H groups in total. The Bertz CT molecular complexity index is 1400. The van der Waals surface area contributed by atoms with Gasteiger partial charge in [0.05, 0.1) is 31.2 Å². The van der Waals surface area contributed by atoms with Crippen LogP contribution in [0.25, 0.3) is 11.2 Å². The van der Waals surface area contributed by atoms with Crippen LogP contribution in [-0.4, -0.2) is 50.9 Å². The van der Waals surface area contributed by atoms with E-state index in [1.54, 1.807) is 30.6 Å². The molecule has 0 aliphatic carbocycles. The smallest absolute Gasteiger partial charge is 0.332 e. The fourth-order valence-corrected chi connectivity index (χ4v) is 4.42. The lowest BCUT2D eigenvalue weighted by atomic mass is 10.2. The molecule has 4 heterocycles. The number of hydrogen-bond donors (Lipinski definition) is 1. The number of fused-ring (bicyclic) bond motifs is 1. The maximum Gasteiger partial charge on any atom is 0.332 e. The van der Waals surface area contributed by atoms with Gasteiger partial charge < -0.3 is 14.8 Å². The SMILES string of the molecule is COc1ncccc1Nc1ncc2c(n1)n(C(C)c1ccc(F)cn1)c(=O)n2COCC[Si](C)(C)C. The van der Waals surface area contributed by atoms with Crippen LogP contribution in [0, 0.1) is 5.82 Å². The maximum atomic E-state index is 13.6. The van der Waals surface area contributed by atoms with Crippen molar-refractivity contribution in [3.8, 4) is 5.88 Å². The normalized spacial score (nSPS) is 12.6. The molecule has 0 amide bonds. The lowest BCUT2D eigenvalue weighted by Gasteiger charge is -2.15. The van der Waals surface area contributed by atoms with E-state index in [1.165, 1.54) is 22.3 Å². The molecule has 1 atom stereocenters. The number of pyridine rings is 2. The Kier molecular flexibility index (Phi) is 7.45. The summed E-state index contributed by atoms with van der Waals surface area (Å²) in [6, 6.07) is 6.89. The molecule has 0 aliphatic heterocycles. The Labute approximate surface area is 209 Å². The summed E-state index contributed by atoms with van der Waals surface area (Å²) >= 11 is 0. The number of aromatic nitrogens is 6. The number of hydrogen-bond acceptors (Lipinski definition) is 8. The summed E-state index contributed by atoms with van der Waals surface area (Å²) in [5.74, 6) is 0.199. The third-order valence-corrected chi connectivity index (χ3v) is 7.40. The van der Waals surface area contributed by atoms with E-state index < -0.39 is 19.9 Å². The number of anilines is 2. The van der Waals surface area contributed by atoms with Crippen LogP contribution in [-0.2, 0) is 11.5 Å². The molecule has 0 aliphatic rings. The van der Waals surface area contributed by atoms with Crippen molar-refractivity contribution < 1.29 is 13.9 Å². The largest absolute Gasteiger partial charge is 0.480 e. The van der Waals surface area contributed by atoms with Crippen LogP contribution in [0.1, 0.15) is 18.7 Å².